The number of aryl methyl sites for hydroxylation is 1. The fourth-order valence-electron chi connectivity index (χ4n) is 4.26. The van der Waals surface area contributed by atoms with Gasteiger partial charge in [0.2, 0.25) is 5.88 Å². The van der Waals surface area contributed by atoms with Crippen LogP contribution in [0, 0.1) is 13.8 Å². The van der Waals surface area contributed by atoms with Crippen molar-refractivity contribution in [3.8, 4) is 17.4 Å². The van der Waals surface area contributed by atoms with Gasteiger partial charge in [-0.3, -0.25) is 0 Å². The lowest BCUT2D eigenvalue weighted by Crippen LogP contribution is -2.36. The van der Waals surface area contributed by atoms with E-state index < -0.39 is 5.60 Å². The number of rotatable bonds is 4. The summed E-state index contributed by atoms with van der Waals surface area (Å²) >= 11 is 0. The minimum absolute atomic E-state index is 0.0860. The van der Waals surface area contributed by atoms with Crippen molar-refractivity contribution in [1.82, 2.24) is 9.88 Å². The van der Waals surface area contributed by atoms with Crippen LogP contribution in [-0.4, -0.2) is 61.0 Å². The lowest BCUT2D eigenvalue weighted by Gasteiger charge is -2.33. The average molecular weight is 456 g/mol. The number of carbonyl (C=O) groups is 1. The SMILES string of the molecule is COc1ncc(N2CCOc3ccc(OC4CCN(C(=O)OC(C)(C)C)C4)c(C)c32)cc1C. The highest BCUT2D eigenvalue weighted by atomic mass is 16.6. The molecule has 0 spiro atoms. The summed E-state index contributed by atoms with van der Waals surface area (Å²) in [7, 11) is 1.62. The molecule has 8 heteroatoms. The number of anilines is 2. The molecule has 2 aromatic rings. The van der Waals surface area contributed by atoms with Crippen LogP contribution >= 0.6 is 0 Å². The topological polar surface area (TPSA) is 73.4 Å². The van der Waals surface area contributed by atoms with Crippen LogP contribution in [0.15, 0.2) is 24.4 Å². The molecule has 8 nitrogen and oxygen atoms in total. The molecule has 1 unspecified atom stereocenters. The third kappa shape index (κ3) is 4.94. The number of ether oxygens (including phenoxy) is 4. The molecular formula is C25H33N3O5. The number of fused-ring (bicyclic) bond motifs is 1. The maximum atomic E-state index is 12.4. The molecule has 1 atom stereocenters. The van der Waals surface area contributed by atoms with E-state index in [0.717, 1.165) is 40.4 Å². The second kappa shape index (κ2) is 9.00. The van der Waals surface area contributed by atoms with E-state index in [1.165, 1.54) is 0 Å². The zero-order valence-electron chi connectivity index (χ0n) is 20.3. The summed E-state index contributed by atoms with van der Waals surface area (Å²) < 4.78 is 23.1. The van der Waals surface area contributed by atoms with Gasteiger partial charge in [-0.25, -0.2) is 9.78 Å². The summed E-state index contributed by atoms with van der Waals surface area (Å²) in [6.07, 6.45) is 2.20. The number of hydrogen-bond acceptors (Lipinski definition) is 7. The average Bonchev–Trinajstić information content (AvgIpc) is 3.23. The first-order valence-electron chi connectivity index (χ1n) is 11.4. The van der Waals surface area contributed by atoms with Gasteiger partial charge >= 0.3 is 6.09 Å². The molecule has 1 aromatic carbocycles. The largest absolute Gasteiger partial charge is 0.490 e. The van der Waals surface area contributed by atoms with E-state index in [4.69, 9.17) is 18.9 Å². The highest BCUT2D eigenvalue weighted by molar-refractivity contribution is 5.76. The smallest absolute Gasteiger partial charge is 0.410 e. The molecule has 1 fully saturated rings. The first-order chi connectivity index (χ1) is 15.7. The van der Waals surface area contributed by atoms with Gasteiger partial charge in [-0.1, -0.05) is 0 Å². The van der Waals surface area contributed by atoms with Gasteiger partial charge in [0, 0.05) is 24.1 Å². The van der Waals surface area contributed by atoms with E-state index in [2.05, 4.69) is 16.0 Å². The van der Waals surface area contributed by atoms with Crippen LogP contribution in [-0.2, 0) is 4.74 Å². The minimum atomic E-state index is -0.511. The number of hydrogen-bond donors (Lipinski definition) is 0. The number of carbonyl (C=O) groups excluding carboxylic acids is 1. The zero-order valence-corrected chi connectivity index (χ0v) is 20.3. The van der Waals surface area contributed by atoms with Crippen LogP contribution in [0.4, 0.5) is 16.2 Å². The molecule has 33 heavy (non-hydrogen) atoms. The summed E-state index contributed by atoms with van der Waals surface area (Å²) in [4.78, 5) is 20.8. The molecule has 2 aliphatic rings. The van der Waals surface area contributed by atoms with E-state index in [-0.39, 0.29) is 12.2 Å². The number of likely N-dealkylation sites (tertiary alicyclic amines) is 1. The Kier molecular flexibility index (Phi) is 6.28. The lowest BCUT2D eigenvalue weighted by molar-refractivity contribution is 0.0275. The normalized spacial score (nSPS) is 17.9. The van der Waals surface area contributed by atoms with Gasteiger partial charge in [-0.15, -0.1) is 0 Å². The molecule has 1 aromatic heterocycles. The molecule has 178 valence electrons. The van der Waals surface area contributed by atoms with Crippen LogP contribution in [0.1, 0.15) is 38.3 Å². The van der Waals surface area contributed by atoms with Gasteiger partial charge in [-0.2, -0.15) is 0 Å². The Morgan fingerprint density at radius 1 is 1.21 bits per heavy atom. The van der Waals surface area contributed by atoms with Crippen LogP contribution < -0.4 is 19.1 Å². The Morgan fingerprint density at radius 2 is 2.00 bits per heavy atom. The van der Waals surface area contributed by atoms with E-state index in [1.807, 2.05) is 52.9 Å². The highest BCUT2D eigenvalue weighted by Crippen LogP contribution is 2.43. The van der Waals surface area contributed by atoms with Crippen molar-refractivity contribution < 1.29 is 23.7 Å². The van der Waals surface area contributed by atoms with Crippen molar-refractivity contribution in [2.75, 3.05) is 38.3 Å². The van der Waals surface area contributed by atoms with Gasteiger partial charge in [0.15, 0.2) is 0 Å². The molecule has 0 N–H and O–H groups in total. The number of benzene rings is 1. The second-order valence-electron chi connectivity index (χ2n) is 9.51. The zero-order chi connectivity index (χ0) is 23.8. The predicted molar refractivity (Wildman–Crippen MR) is 126 cm³/mol. The van der Waals surface area contributed by atoms with Crippen LogP contribution in [0.3, 0.4) is 0 Å². The van der Waals surface area contributed by atoms with Crippen molar-refractivity contribution in [3.05, 3.63) is 35.5 Å². The summed E-state index contributed by atoms with van der Waals surface area (Å²) in [5, 5.41) is 0. The summed E-state index contributed by atoms with van der Waals surface area (Å²) in [6.45, 7) is 12.1. The number of amides is 1. The molecule has 0 aliphatic carbocycles. The van der Waals surface area contributed by atoms with Gasteiger partial charge in [0.25, 0.3) is 0 Å². The Balaban J connectivity index is 1.54. The first kappa shape index (κ1) is 23.0. The molecule has 0 saturated carbocycles. The maximum absolute atomic E-state index is 12.4. The second-order valence-corrected chi connectivity index (χ2v) is 9.51. The van der Waals surface area contributed by atoms with E-state index >= 15 is 0 Å². The van der Waals surface area contributed by atoms with E-state index in [0.29, 0.717) is 32.1 Å². The molecule has 1 amide bonds. The fourth-order valence-corrected chi connectivity index (χ4v) is 4.26. The molecule has 0 radical (unpaired) electrons. The van der Waals surface area contributed by atoms with Crippen LogP contribution in [0.5, 0.6) is 17.4 Å². The Hall–Kier alpha value is -3.16. The van der Waals surface area contributed by atoms with Crippen molar-refractivity contribution in [3.63, 3.8) is 0 Å². The lowest BCUT2D eigenvalue weighted by atomic mass is 10.1. The van der Waals surface area contributed by atoms with Crippen molar-refractivity contribution in [2.24, 2.45) is 0 Å². The fraction of sp³-hybridized carbons (Fsp3) is 0.520. The highest BCUT2D eigenvalue weighted by Gasteiger charge is 2.32. The number of nitrogens with zero attached hydrogens (tertiary/aromatic N) is 3. The van der Waals surface area contributed by atoms with Gasteiger partial charge < -0.3 is 28.7 Å². The first-order valence-corrected chi connectivity index (χ1v) is 11.4. The molecule has 1 saturated heterocycles. The number of aromatic nitrogens is 1. The van der Waals surface area contributed by atoms with Gasteiger partial charge in [0.05, 0.1) is 37.8 Å². The third-order valence-corrected chi connectivity index (χ3v) is 5.80. The maximum Gasteiger partial charge on any atom is 0.410 e. The number of pyridine rings is 1. The standard InChI is InChI=1S/C25H33N3O5/c1-16-13-18(14-26-23(16)30-6)28-11-12-31-21-8-7-20(17(2)22(21)28)32-19-9-10-27(15-19)24(29)33-25(3,4)5/h7-8,13-14,19H,9-12,15H2,1-6H3. The minimum Gasteiger partial charge on any atom is -0.490 e. The van der Waals surface area contributed by atoms with Crippen LogP contribution in [0.25, 0.3) is 0 Å². The molecule has 2 aliphatic heterocycles. The van der Waals surface area contributed by atoms with Crippen molar-refractivity contribution in [2.45, 2.75) is 52.7 Å². The molecule has 4 rings (SSSR count). The molecule has 0 bridgehead atoms. The van der Waals surface area contributed by atoms with E-state index in [9.17, 15) is 4.79 Å². The van der Waals surface area contributed by atoms with Crippen molar-refractivity contribution in [1.29, 1.82) is 0 Å². The van der Waals surface area contributed by atoms with E-state index in [1.54, 1.807) is 12.0 Å². The van der Waals surface area contributed by atoms with Gasteiger partial charge in [-0.05, 0) is 52.8 Å². The molecule has 3 heterocycles. The third-order valence-electron chi connectivity index (χ3n) is 5.80. The Bertz CT molecular complexity index is 1030. The number of methoxy groups -OCH3 is 1. The summed E-state index contributed by atoms with van der Waals surface area (Å²) in [5.41, 5.74) is 3.42. The molecular weight excluding hydrogens is 422 g/mol. The monoisotopic (exact) mass is 455 g/mol. The quantitative estimate of drug-likeness (QED) is 0.666. The van der Waals surface area contributed by atoms with Crippen LogP contribution in [0.2, 0.25) is 0 Å². The summed E-state index contributed by atoms with van der Waals surface area (Å²) in [5.74, 6) is 2.23. The predicted octanol–water partition coefficient (Wildman–Crippen LogP) is 4.63. The summed E-state index contributed by atoms with van der Waals surface area (Å²) in [6, 6.07) is 5.98. The Labute approximate surface area is 195 Å². The Morgan fingerprint density at radius 3 is 2.70 bits per heavy atom. The van der Waals surface area contributed by atoms with Gasteiger partial charge in [0.1, 0.15) is 29.8 Å². The van der Waals surface area contributed by atoms with Crippen molar-refractivity contribution >= 4 is 17.5 Å².